The van der Waals surface area contributed by atoms with E-state index < -0.39 is 0 Å². The van der Waals surface area contributed by atoms with Crippen molar-refractivity contribution in [3.63, 3.8) is 0 Å². The average Bonchev–Trinajstić information content (AvgIpc) is 2.34. The standard InChI is InChI=1S/C12H9Cl2NS2/c13-9-1-5-11(6-2-9)16-15-17-12-7-3-10(14)4-8-12/h1-8,15H. The lowest BCUT2D eigenvalue weighted by molar-refractivity contribution is 1.42. The van der Waals surface area contributed by atoms with E-state index in [9.17, 15) is 0 Å². The second kappa shape index (κ2) is 6.57. The lowest BCUT2D eigenvalue weighted by atomic mass is 10.4. The maximum Gasteiger partial charge on any atom is 0.0406 e. The molecule has 2 aromatic carbocycles. The van der Waals surface area contributed by atoms with Gasteiger partial charge in [-0.1, -0.05) is 23.2 Å². The van der Waals surface area contributed by atoms with Crippen molar-refractivity contribution in [3.05, 3.63) is 58.6 Å². The van der Waals surface area contributed by atoms with Crippen molar-refractivity contribution >= 4 is 47.1 Å². The van der Waals surface area contributed by atoms with Crippen LogP contribution < -0.4 is 4.13 Å². The fourth-order valence-corrected chi connectivity index (χ4v) is 2.86. The molecule has 0 heterocycles. The lowest BCUT2D eigenvalue weighted by Gasteiger charge is -2.03. The van der Waals surface area contributed by atoms with E-state index in [0.29, 0.717) is 0 Å². The van der Waals surface area contributed by atoms with Crippen LogP contribution in [0.3, 0.4) is 0 Å². The normalized spacial score (nSPS) is 10.5. The molecule has 0 bridgehead atoms. The van der Waals surface area contributed by atoms with Gasteiger partial charge in [0.1, 0.15) is 0 Å². The summed E-state index contributed by atoms with van der Waals surface area (Å²) in [5.74, 6) is 0. The molecule has 2 aromatic rings. The number of nitrogens with one attached hydrogen (secondary N) is 1. The molecule has 0 spiro atoms. The van der Waals surface area contributed by atoms with Gasteiger partial charge in [0.15, 0.2) is 0 Å². The predicted octanol–water partition coefficient (Wildman–Crippen LogP) is 5.30. The zero-order valence-corrected chi connectivity index (χ0v) is 11.8. The highest BCUT2D eigenvalue weighted by Gasteiger charge is 1.96. The first-order valence-corrected chi connectivity index (χ1v) is 7.23. The number of benzene rings is 2. The van der Waals surface area contributed by atoms with Crippen LogP contribution in [0.15, 0.2) is 58.3 Å². The topological polar surface area (TPSA) is 12.0 Å². The van der Waals surface area contributed by atoms with E-state index in [4.69, 9.17) is 23.2 Å². The molecule has 0 aliphatic heterocycles. The fourth-order valence-electron chi connectivity index (χ4n) is 1.12. The molecule has 5 heteroatoms. The van der Waals surface area contributed by atoms with Crippen LogP contribution in [-0.2, 0) is 0 Å². The van der Waals surface area contributed by atoms with Crippen LogP contribution in [0.1, 0.15) is 0 Å². The molecular weight excluding hydrogens is 293 g/mol. The first-order chi connectivity index (χ1) is 8.24. The molecule has 0 aliphatic rings. The van der Waals surface area contributed by atoms with Gasteiger partial charge in [-0.2, -0.15) is 4.13 Å². The molecule has 0 atom stereocenters. The van der Waals surface area contributed by atoms with Gasteiger partial charge >= 0.3 is 0 Å². The molecule has 17 heavy (non-hydrogen) atoms. The summed E-state index contributed by atoms with van der Waals surface area (Å²) < 4.78 is 3.20. The number of hydrogen-bond acceptors (Lipinski definition) is 3. The van der Waals surface area contributed by atoms with Gasteiger partial charge in [-0.25, -0.2) is 0 Å². The van der Waals surface area contributed by atoms with Crippen molar-refractivity contribution in [2.45, 2.75) is 9.79 Å². The number of rotatable bonds is 4. The molecule has 0 radical (unpaired) electrons. The van der Waals surface area contributed by atoms with E-state index in [0.717, 1.165) is 19.8 Å². The van der Waals surface area contributed by atoms with Crippen LogP contribution in [0.25, 0.3) is 0 Å². The Bertz CT molecular complexity index is 425. The molecular formula is C12H9Cl2NS2. The summed E-state index contributed by atoms with van der Waals surface area (Å²) in [4.78, 5) is 2.24. The first kappa shape index (κ1) is 13.1. The predicted molar refractivity (Wildman–Crippen MR) is 77.8 cm³/mol. The Balaban J connectivity index is 1.83. The Kier molecular flexibility index (Phi) is 5.07. The van der Waals surface area contributed by atoms with Gasteiger partial charge in [-0.3, -0.25) is 0 Å². The first-order valence-electron chi connectivity index (χ1n) is 4.84. The van der Waals surface area contributed by atoms with Gasteiger partial charge in [0.25, 0.3) is 0 Å². The SMILES string of the molecule is Clc1ccc(SNSc2ccc(Cl)cc2)cc1. The minimum Gasteiger partial charge on any atom is -0.199 e. The van der Waals surface area contributed by atoms with Crippen LogP contribution in [0.2, 0.25) is 10.0 Å². The van der Waals surface area contributed by atoms with Crippen molar-refractivity contribution in [2.75, 3.05) is 0 Å². The zero-order valence-electron chi connectivity index (χ0n) is 8.69. The molecule has 0 fully saturated rings. The summed E-state index contributed by atoms with van der Waals surface area (Å²) in [6.07, 6.45) is 0. The molecule has 0 amide bonds. The van der Waals surface area contributed by atoms with E-state index >= 15 is 0 Å². The third-order valence-corrected chi connectivity index (χ3v) is 4.13. The van der Waals surface area contributed by atoms with Crippen LogP contribution in [-0.4, -0.2) is 0 Å². The molecule has 1 N–H and O–H groups in total. The molecule has 2 rings (SSSR count). The quantitative estimate of drug-likeness (QED) is 0.770. The highest BCUT2D eigenvalue weighted by atomic mass is 35.5. The summed E-state index contributed by atoms with van der Waals surface area (Å²) in [6.45, 7) is 0. The minimum atomic E-state index is 0.750. The monoisotopic (exact) mass is 301 g/mol. The van der Waals surface area contributed by atoms with Gasteiger partial charge < -0.3 is 0 Å². The van der Waals surface area contributed by atoms with Gasteiger partial charge in [-0.15, -0.1) is 0 Å². The Morgan fingerprint density at radius 1 is 0.647 bits per heavy atom. The van der Waals surface area contributed by atoms with Crippen molar-refractivity contribution in [1.82, 2.24) is 4.13 Å². The van der Waals surface area contributed by atoms with Crippen LogP contribution in [0.5, 0.6) is 0 Å². The number of halogens is 2. The third-order valence-electron chi connectivity index (χ3n) is 1.95. The maximum absolute atomic E-state index is 5.81. The average molecular weight is 302 g/mol. The highest BCUT2D eigenvalue weighted by Crippen LogP contribution is 2.24. The summed E-state index contributed by atoms with van der Waals surface area (Å²) in [7, 11) is 0. The number of hydrogen-bond donors (Lipinski definition) is 1. The Morgan fingerprint density at radius 2 is 1.00 bits per heavy atom. The Morgan fingerprint density at radius 3 is 1.35 bits per heavy atom. The fraction of sp³-hybridized carbons (Fsp3) is 0. The molecule has 0 saturated heterocycles. The summed E-state index contributed by atoms with van der Waals surface area (Å²) >= 11 is 14.7. The van der Waals surface area contributed by atoms with E-state index in [-0.39, 0.29) is 0 Å². The van der Waals surface area contributed by atoms with Crippen molar-refractivity contribution < 1.29 is 0 Å². The second-order valence-corrected chi connectivity index (χ2v) is 6.09. The smallest absolute Gasteiger partial charge is 0.0406 e. The summed E-state index contributed by atoms with van der Waals surface area (Å²) in [5, 5.41) is 1.50. The van der Waals surface area contributed by atoms with Crippen LogP contribution in [0, 0.1) is 0 Å². The molecule has 0 aliphatic carbocycles. The zero-order chi connectivity index (χ0) is 12.1. The Labute approximate surface area is 119 Å². The van der Waals surface area contributed by atoms with E-state index in [1.54, 1.807) is 23.9 Å². The van der Waals surface area contributed by atoms with Crippen molar-refractivity contribution in [2.24, 2.45) is 0 Å². The molecule has 0 aromatic heterocycles. The van der Waals surface area contributed by atoms with Gasteiger partial charge in [-0.05, 0) is 72.4 Å². The van der Waals surface area contributed by atoms with Crippen molar-refractivity contribution in [1.29, 1.82) is 0 Å². The molecule has 0 unspecified atom stereocenters. The molecule has 88 valence electrons. The van der Waals surface area contributed by atoms with Gasteiger partial charge in [0.2, 0.25) is 0 Å². The largest absolute Gasteiger partial charge is 0.199 e. The lowest BCUT2D eigenvalue weighted by Crippen LogP contribution is -1.88. The van der Waals surface area contributed by atoms with E-state index in [1.165, 1.54) is 0 Å². The van der Waals surface area contributed by atoms with Crippen LogP contribution in [0.4, 0.5) is 0 Å². The third kappa shape index (κ3) is 4.45. The second-order valence-electron chi connectivity index (χ2n) is 3.20. The van der Waals surface area contributed by atoms with E-state index in [1.807, 2.05) is 48.5 Å². The highest BCUT2D eigenvalue weighted by molar-refractivity contribution is 8.12. The van der Waals surface area contributed by atoms with E-state index in [2.05, 4.69) is 4.13 Å². The molecule has 1 nitrogen and oxygen atoms in total. The summed E-state index contributed by atoms with van der Waals surface area (Å²) in [5.41, 5.74) is 0. The van der Waals surface area contributed by atoms with Crippen molar-refractivity contribution in [3.8, 4) is 0 Å². The minimum absolute atomic E-state index is 0.750. The van der Waals surface area contributed by atoms with Crippen LogP contribution >= 0.6 is 47.1 Å². The maximum atomic E-state index is 5.81. The van der Waals surface area contributed by atoms with Gasteiger partial charge in [0.05, 0.1) is 0 Å². The molecule has 0 saturated carbocycles. The van der Waals surface area contributed by atoms with Gasteiger partial charge in [0, 0.05) is 19.8 Å². The Hall–Kier alpha value is -0.320. The summed E-state index contributed by atoms with van der Waals surface area (Å²) in [6, 6.07) is 15.4.